The molecule has 2 aliphatic rings. The van der Waals surface area contributed by atoms with Crippen molar-refractivity contribution in [1.82, 2.24) is 15.1 Å². The van der Waals surface area contributed by atoms with Crippen molar-refractivity contribution in [2.75, 3.05) is 39.4 Å². The fraction of sp³-hybridized carbons (Fsp3) is 0.412. The molecule has 2 amide bonds. The first-order valence-corrected chi connectivity index (χ1v) is 15.9. The van der Waals surface area contributed by atoms with Crippen LogP contribution >= 0.6 is 23.2 Å². The lowest BCUT2D eigenvalue weighted by molar-refractivity contribution is -0.181. The molecule has 0 bridgehead atoms. The van der Waals surface area contributed by atoms with Crippen molar-refractivity contribution in [3.63, 3.8) is 0 Å². The molecule has 2 aliphatic heterocycles. The van der Waals surface area contributed by atoms with Gasteiger partial charge in [-0.15, -0.1) is 0 Å². The monoisotopic (exact) mass is 641 g/mol. The zero-order valence-electron chi connectivity index (χ0n) is 24.8. The molecule has 5 rings (SSSR count). The fourth-order valence-electron chi connectivity index (χ4n) is 5.93. The van der Waals surface area contributed by atoms with Crippen LogP contribution in [0.2, 0.25) is 10.0 Å². The Kier molecular flexibility index (Phi) is 11.3. The Morgan fingerprint density at radius 1 is 0.955 bits per heavy atom. The van der Waals surface area contributed by atoms with Crippen molar-refractivity contribution in [3.8, 4) is 0 Å². The van der Waals surface area contributed by atoms with Gasteiger partial charge in [0.05, 0.1) is 19.3 Å². The number of carbonyl (C=O) groups is 2. The summed E-state index contributed by atoms with van der Waals surface area (Å²) in [6.45, 7) is 6.17. The number of hydrogen-bond acceptors (Lipinski definition) is 5. The summed E-state index contributed by atoms with van der Waals surface area (Å²) in [7, 11) is 0. The van der Waals surface area contributed by atoms with Gasteiger partial charge in [0.1, 0.15) is 24.1 Å². The maximum absolute atomic E-state index is 14.5. The van der Waals surface area contributed by atoms with E-state index in [2.05, 4.69) is 10.2 Å². The fourth-order valence-corrected chi connectivity index (χ4v) is 6.19. The number of benzene rings is 3. The number of hydrogen-bond donors (Lipinski definition) is 1. The van der Waals surface area contributed by atoms with Gasteiger partial charge >= 0.3 is 0 Å². The van der Waals surface area contributed by atoms with E-state index in [-0.39, 0.29) is 24.1 Å². The van der Waals surface area contributed by atoms with Gasteiger partial charge in [0, 0.05) is 42.6 Å². The summed E-state index contributed by atoms with van der Waals surface area (Å²) >= 11 is 12.5. The Labute approximate surface area is 268 Å². The summed E-state index contributed by atoms with van der Waals surface area (Å²) in [6, 6.07) is 19.3. The van der Waals surface area contributed by atoms with Crippen LogP contribution in [0.4, 0.5) is 4.39 Å². The first-order chi connectivity index (χ1) is 21.3. The Morgan fingerprint density at radius 3 is 2.18 bits per heavy atom. The molecular weight excluding hydrogens is 604 g/mol. The highest BCUT2D eigenvalue weighted by molar-refractivity contribution is 6.30. The van der Waals surface area contributed by atoms with Gasteiger partial charge in [0.15, 0.2) is 0 Å². The molecule has 0 unspecified atom stereocenters. The normalized spacial score (nSPS) is 21.7. The highest BCUT2D eigenvalue weighted by atomic mass is 35.5. The van der Waals surface area contributed by atoms with E-state index in [0.29, 0.717) is 49.2 Å². The highest BCUT2D eigenvalue weighted by Gasteiger charge is 2.48. The van der Waals surface area contributed by atoms with Gasteiger partial charge in [0.25, 0.3) is 5.91 Å². The van der Waals surface area contributed by atoms with E-state index in [0.717, 1.165) is 29.8 Å². The molecule has 2 heterocycles. The van der Waals surface area contributed by atoms with E-state index < -0.39 is 24.3 Å². The molecule has 3 aromatic rings. The second kappa shape index (κ2) is 15.3. The van der Waals surface area contributed by atoms with Crippen molar-refractivity contribution in [1.29, 1.82) is 0 Å². The number of morpholine rings is 2. The summed E-state index contributed by atoms with van der Waals surface area (Å²) < 4.78 is 25.8. The molecule has 10 heteroatoms. The number of amides is 2. The van der Waals surface area contributed by atoms with E-state index in [1.807, 2.05) is 31.2 Å². The van der Waals surface area contributed by atoms with Crippen molar-refractivity contribution in [2.24, 2.45) is 0 Å². The topological polar surface area (TPSA) is 71.1 Å². The smallest absolute Gasteiger partial charge is 0.253 e. The highest BCUT2D eigenvalue weighted by Crippen LogP contribution is 2.44. The molecule has 2 saturated heterocycles. The van der Waals surface area contributed by atoms with Crippen molar-refractivity contribution in [2.45, 2.75) is 50.5 Å². The molecule has 0 aromatic heterocycles. The molecule has 44 heavy (non-hydrogen) atoms. The first kappa shape index (κ1) is 32.4. The maximum Gasteiger partial charge on any atom is 0.253 e. The molecule has 1 N–H and O–H groups in total. The van der Waals surface area contributed by atoms with Crippen LogP contribution in [-0.2, 0) is 25.5 Å². The summed E-state index contributed by atoms with van der Waals surface area (Å²) in [6.07, 6.45) is -0.129. The Morgan fingerprint density at radius 2 is 1.57 bits per heavy atom. The van der Waals surface area contributed by atoms with Gasteiger partial charge < -0.3 is 19.7 Å². The lowest BCUT2D eigenvalue weighted by Gasteiger charge is -2.47. The number of ether oxygens (including phenoxy) is 2. The average molecular weight is 643 g/mol. The molecule has 7 nitrogen and oxygen atoms in total. The zero-order chi connectivity index (χ0) is 31.1. The van der Waals surface area contributed by atoms with Crippen LogP contribution in [0.15, 0.2) is 72.8 Å². The minimum absolute atomic E-state index is 0.204. The Hall–Kier alpha value is -3.01. The van der Waals surface area contributed by atoms with Gasteiger partial charge in [-0.2, -0.15) is 0 Å². The van der Waals surface area contributed by atoms with Crippen molar-refractivity contribution in [3.05, 3.63) is 105 Å². The van der Waals surface area contributed by atoms with Crippen LogP contribution in [0.1, 0.15) is 48.6 Å². The lowest BCUT2D eigenvalue weighted by atomic mass is 9.88. The van der Waals surface area contributed by atoms with Crippen LogP contribution in [0.5, 0.6) is 0 Å². The summed E-state index contributed by atoms with van der Waals surface area (Å²) in [4.78, 5) is 32.4. The number of nitrogens with zero attached hydrogens (tertiary/aromatic N) is 2. The third-order valence-corrected chi connectivity index (χ3v) is 8.71. The van der Waals surface area contributed by atoms with Gasteiger partial charge in [-0.1, -0.05) is 72.9 Å². The van der Waals surface area contributed by atoms with E-state index in [1.54, 1.807) is 41.3 Å². The molecule has 0 spiro atoms. The van der Waals surface area contributed by atoms with E-state index in [9.17, 15) is 14.0 Å². The van der Waals surface area contributed by atoms with Crippen molar-refractivity contribution >= 4 is 35.0 Å². The summed E-state index contributed by atoms with van der Waals surface area (Å²) in [5, 5.41) is 4.25. The minimum Gasteiger partial charge on any atom is -0.379 e. The standard InChI is InChI=1S/C34H38Cl2FN3O4/c1-2-3-29(33(41)38-16-17-39-18-20-43-21-19-39)40-31(24-6-10-26(35)11-7-24)32(25-8-12-27(36)13-9-25)44-30(34(40)42)22-23-4-14-28(37)15-5-23/h4-15,29-32H,2-3,16-22H2,1H3,(H,38,41)/t29-,30+,31-,32+/m1/s1. The molecule has 234 valence electrons. The van der Waals surface area contributed by atoms with Crippen LogP contribution in [0.25, 0.3) is 0 Å². The van der Waals surface area contributed by atoms with Crippen LogP contribution < -0.4 is 5.32 Å². The number of carbonyl (C=O) groups excluding carboxylic acids is 2. The van der Waals surface area contributed by atoms with Gasteiger partial charge in [-0.05, 0) is 59.5 Å². The van der Waals surface area contributed by atoms with Crippen LogP contribution in [0, 0.1) is 5.82 Å². The second-order valence-electron chi connectivity index (χ2n) is 11.2. The summed E-state index contributed by atoms with van der Waals surface area (Å²) in [5.74, 6) is -0.851. The summed E-state index contributed by atoms with van der Waals surface area (Å²) in [5.41, 5.74) is 2.37. The van der Waals surface area contributed by atoms with E-state index in [4.69, 9.17) is 32.7 Å². The number of nitrogens with one attached hydrogen (secondary N) is 1. The molecule has 0 aliphatic carbocycles. The van der Waals surface area contributed by atoms with Gasteiger partial charge in [0.2, 0.25) is 5.91 Å². The molecule has 0 radical (unpaired) electrons. The van der Waals surface area contributed by atoms with Gasteiger partial charge in [-0.3, -0.25) is 14.5 Å². The third-order valence-electron chi connectivity index (χ3n) is 8.20. The van der Waals surface area contributed by atoms with Crippen molar-refractivity contribution < 1.29 is 23.5 Å². The second-order valence-corrected chi connectivity index (χ2v) is 12.1. The Balaban J connectivity index is 1.52. The maximum atomic E-state index is 14.5. The largest absolute Gasteiger partial charge is 0.379 e. The lowest BCUT2D eigenvalue weighted by Crippen LogP contribution is -2.59. The Bertz CT molecular complexity index is 1390. The number of halogens is 3. The SMILES string of the molecule is CCC[C@H](C(=O)NCCN1CCOCC1)N1C(=O)[C@H](Cc2ccc(F)cc2)O[C@@H](c2ccc(Cl)cc2)[C@H]1c1ccc(Cl)cc1. The zero-order valence-corrected chi connectivity index (χ0v) is 26.3. The van der Waals surface area contributed by atoms with E-state index >= 15 is 0 Å². The number of rotatable bonds is 11. The van der Waals surface area contributed by atoms with Gasteiger partial charge in [-0.25, -0.2) is 4.39 Å². The predicted octanol–water partition coefficient (Wildman–Crippen LogP) is 6.00. The molecular formula is C34H38Cl2FN3O4. The third kappa shape index (κ3) is 7.98. The average Bonchev–Trinajstić information content (AvgIpc) is 3.03. The quantitative estimate of drug-likeness (QED) is 0.278. The molecule has 4 atom stereocenters. The van der Waals surface area contributed by atoms with Crippen LogP contribution in [0.3, 0.4) is 0 Å². The van der Waals surface area contributed by atoms with E-state index in [1.165, 1.54) is 12.1 Å². The predicted molar refractivity (Wildman–Crippen MR) is 169 cm³/mol. The minimum atomic E-state index is -0.898. The first-order valence-electron chi connectivity index (χ1n) is 15.1. The van der Waals surface area contributed by atoms with Crippen LogP contribution in [-0.4, -0.2) is 73.2 Å². The molecule has 3 aromatic carbocycles. The molecule has 2 fully saturated rings. The molecule has 0 saturated carbocycles.